The van der Waals surface area contributed by atoms with E-state index in [1.807, 2.05) is 13.8 Å². The molecule has 19 heavy (non-hydrogen) atoms. The molecule has 1 heterocycles. The highest BCUT2D eigenvalue weighted by Gasteiger charge is 2.21. The molecule has 106 valence electrons. The monoisotopic (exact) mass is 283 g/mol. The third kappa shape index (κ3) is 3.96. The molecule has 0 aromatic carbocycles. The van der Waals surface area contributed by atoms with Gasteiger partial charge in [-0.2, -0.15) is 0 Å². The third-order valence-electron chi connectivity index (χ3n) is 2.77. The van der Waals surface area contributed by atoms with Crippen LogP contribution in [0.3, 0.4) is 0 Å². The van der Waals surface area contributed by atoms with Gasteiger partial charge >= 0.3 is 0 Å². The van der Waals surface area contributed by atoms with Crippen molar-refractivity contribution in [3.8, 4) is 0 Å². The Labute approximate surface area is 118 Å². The molecule has 0 atom stereocenters. The van der Waals surface area contributed by atoms with Crippen molar-refractivity contribution in [2.45, 2.75) is 20.3 Å². The number of anilines is 1. The van der Waals surface area contributed by atoms with Crippen LogP contribution in [0.15, 0.2) is 6.07 Å². The fourth-order valence-electron chi connectivity index (χ4n) is 1.58. The minimum atomic E-state index is -0.123. The summed E-state index contributed by atoms with van der Waals surface area (Å²) in [7, 11) is 3.37. The molecule has 0 aliphatic rings. The lowest BCUT2D eigenvalue weighted by atomic mass is 10.3. The van der Waals surface area contributed by atoms with Gasteiger partial charge in [0.15, 0.2) is 0 Å². The zero-order chi connectivity index (χ0) is 14.6. The molecule has 0 saturated carbocycles. The zero-order valence-electron chi connectivity index (χ0n) is 11.9. The van der Waals surface area contributed by atoms with Crippen molar-refractivity contribution >= 4 is 28.8 Å². The first-order chi connectivity index (χ1) is 8.86. The van der Waals surface area contributed by atoms with Gasteiger partial charge < -0.3 is 15.5 Å². The van der Waals surface area contributed by atoms with E-state index < -0.39 is 0 Å². The van der Waals surface area contributed by atoms with Crippen molar-refractivity contribution < 1.29 is 9.59 Å². The lowest BCUT2D eigenvalue weighted by Crippen LogP contribution is -2.40. The largest absolute Gasteiger partial charge is 0.398 e. The Balaban J connectivity index is 2.86. The third-order valence-corrected chi connectivity index (χ3v) is 3.83. The fraction of sp³-hybridized carbons (Fsp3) is 0.538. The smallest absolute Gasteiger partial charge is 0.264 e. The second-order valence-electron chi connectivity index (χ2n) is 4.64. The molecule has 0 bridgehead atoms. The summed E-state index contributed by atoms with van der Waals surface area (Å²) >= 11 is 1.37. The fourth-order valence-corrected chi connectivity index (χ4v) is 2.49. The first-order valence-corrected chi connectivity index (χ1v) is 7.03. The Kier molecular flexibility index (Phi) is 5.35. The van der Waals surface area contributed by atoms with E-state index in [1.54, 1.807) is 25.1 Å². The standard InChI is InChI=1S/C13H21N3O2S/c1-5-6-16(8-12(17)15(3)4)13(18)11-7-10(14)9(2)19-11/h7H,5-6,8,14H2,1-4H3. The molecule has 1 aromatic heterocycles. The minimum absolute atomic E-state index is 0.0805. The van der Waals surface area contributed by atoms with Crippen LogP contribution >= 0.6 is 11.3 Å². The molecule has 0 fully saturated rings. The number of aryl methyl sites for hydroxylation is 1. The first kappa shape index (κ1) is 15.5. The number of amides is 2. The van der Waals surface area contributed by atoms with Gasteiger partial charge in [-0.15, -0.1) is 11.3 Å². The number of nitrogen functional groups attached to an aromatic ring is 1. The SMILES string of the molecule is CCCN(CC(=O)N(C)C)C(=O)c1cc(N)c(C)s1. The Hall–Kier alpha value is -1.56. The average molecular weight is 283 g/mol. The van der Waals surface area contributed by atoms with Gasteiger partial charge in [0.05, 0.1) is 4.88 Å². The van der Waals surface area contributed by atoms with Gasteiger partial charge in [0.25, 0.3) is 5.91 Å². The topological polar surface area (TPSA) is 66.6 Å². The number of likely N-dealkylation sites (N-methyl/N-ethyl adjacent to an activating group) is 1. The number of rotatable bonds is 5. The van der Waals surface area contributed by atoms with Crippen LogP contribution in [0.4, 0.5) is 5.69 Å². The van der Waals surface area contributed by atoms with Crippen molar-refractivity contribution in [1.29, 1.82) is 0 Å². The van der Waals surface area contributed by atoms with E-state index in [4.69, 9.17) is 5.73 Å². The molecule has 5 nitrogen and oxygen atoms in total. The van der Waals surface area contributed by atoms with Crippen LogP contribution in [0.5, 0.6) is 0 Å². The first-order valence-electron chi connectivity index (χ1n) is 6.22. The van der Waals surface area contributed by atoms with Crippen LogP contribution in [0, 0.1) is 6.92 Å². The average Bonchev–Trinajstić information content (AvgIpc) is 2.68. The normalized spacial score (nSPS) is 10.3. The van der Waals surface area contributed by atoms with Gasteiger partial charge in [-0.3, -0.25) is 9.59 Å². The Morgan fingerprint density at radius 2 is 2.00 bits per heavy atom. The maximum atomic E-state index is 12.4. The van der Waals surface area contributed by atoms with Crippen molar-refractivity contribution in [1.82, 2.24) is 9.80 Å². The maximum Gasteiger partial charge on any atom is 0.264 e. The summed E-state index contributed by atoms with van der Waals surface area (Å²) in [4.78, 5) is 28.7. The number of thiophene rings is 1. The van der Waals surface area contributed by atoms with E-state index >= 15 is 0 Å². The summed E-state index contributed by atoms with van der Waals surface area (Å²) < 4.78 is 0. The molecule has 6 heteroatoms. The summed E-state index contributed by atoms with van der Waals surface area (Å²) in [5, 5.41) is 0. The van der Waals surface area contributed by atoms with Gasteiger partial charge in [0, 0.05) is 31.2 Å². The van der Waals surface area contributed by atoms with Crippen LogP contribution in [-0.2, 0) is 4.79 Å². The lowest BCUT2D eigenvalue weighted by Gasteiger charge is -2.22. The van der Waals surface area contributed by atoms with Crippen molar-refractivity contribution in [2.75, 3.05) is 32.9 Å². The molecule has 0 saturated heterocycles. The number of nitrogens with zero attached hydrogens (tertiary/aromatic N) is 2. The van der Waals surface area contributed by atoms with E-state index in [-0.39, 0.29) is 18.4 Å². The Bertz CT molecular complexity index is 449. The summed E-state index contributed by atoms with van der Waals surface area (Å²) in [5.41, 5.74) is 6.39. The highest BCUT2D eigenvalue weighted by atomic mass is 32.1. The molecule has 1 aromatic rings. The molecular weight excluding hydrogens is 262 g/mol. The van der Waals surface area contributed by atoms with E-state index in [0.717, 1.165) is 11.3 Å². The van der Waals surface area contributed by atoms with Crippen LogP contribution in [-0.4, -0.2) is 48.8 Å². The maximum absolute atomic E-state index is 12.4. The van der Waals surface area contributed by atoms with Crippen LogP contribution < -0.4 is 5.73 Å². The van der Waals surface area contributed by atoms with Gasteiger partial charge in [-0.1, -0.05) is 6.92 Å². The van der Waals surface area contributed by atoms with E-state index in [2.05, 4.69) is 0 Å². The lowest BCUT2D eigenvalue weighted by molar-refractivity contribution is -0.129. The zero-order valence-corrected chi connectivity index (χ0v) is 12.7. The van der Waals surface area contributed by atoms with Crippen molar-refractivity contribution in [3.63, 3.8) is 0 Å². The van der Waals surface area contributed by atoms with Gasteiger partial charge in [-0.25, -0.2) is 0 Å². The van der Waals surface area contributed by atoms with Crippen LogP contribution in [0.2, 0.25) is 0 Å². The molecule has 2 amide bonds. The predicted molar refractivity (Wildman–Crippen MR) is 78.4 cm³/mol. The van der Waals surface area contributed by atoms with Crippen molar-refractivity contribution in [2.24, 2.45) is 0 Å². The minimum Gasteiger partial charge on any atom is -0.398 e. The Morgan fingerprint density at radius 3 is 2.42 bits per heavy atom. The number of hydrogen-bond donors (Lipinski definition) is 1. The molecule has 0 aliphatic carbocycles. The number of carbonyl (C=O) groups is 2. The van der Waals surface area contributed by atoms with Crippen LogP contribution in [0.25, 0.3) is 0 Å². The van der Waals surface area contributed by atoms with Gasteiger partial charge in [-0.05, 0) is 19.4 Å². The van der Waals surface area contributed by atoms with E-state index in [9.17, 15) is 9.59 Å². The molecule has 1 rings (SSSR count). The van der Waals surface area contributed by atoms with Gasteiger partial charge in [0.2, 0.25) is 5.91 Å². The molecule has 0 radical (unpaired) electrons. The number of nitrogens with two attached hydrogens (primary N) is 1. The highest BCUT2D eigenvalue weighted by molar-refractivity contribution is 7.14. The summed E-state index contributed by atoms with van der Waals surface area (Å²) in [6, 6.07) is 1.69. The highest BCUT2D eigenvalue weighted by Crippen LogP contribution is 2.24. The Morgan fingerprint density at radius 1 is 1.37 bits per heavy atom. The molecule has 0 spiro atoms. The predicted octanol–water partition coefficient (Wildman–Crippen LogP) is 1.58. The summed E-state index contributed by atoms with van der Waals surface area (Å²) in [6.07, 6.45) is 0.812. The number of carbonyl (C=O) groups excluding carboxylic acids is 2. The number of hydrogen-bond acceptors (Lipinski definition) is 4. The molecule has 0 unspecified atom stereocenters. The van der Waals surface area contributed by atoms with E-state index in [1.165, 1.54) is 16.2 Å². The molecular formula is C13H21N3O2S. The van der Waals surface area contributed by atoms with Gasteiger partial charge in [0.1, 0.15) is 6.54 Å². The van der Waals surface area contributed by atoms with E-state index in [0.29, 0.717) is 17.1 Å². The second kappa shape index (κ2) is 6.56. The summed E-state index contributed by atoms with van der Waals surface area (Å²) in [5.74, 6) is -0.204. The molecule has 0 aliphatic heterocycles. The second-order valence-corrected chi connectivity index (χ2v) is 5.89. The van der Waals surface area contributed by atoms with Crippen LogP contribution in [0.1, 0.15) is 27.9 Å². The van der Waals surface area contributed by atoms with Crippen molar-refractivity contribution in [3.05, 3.63) is 15.8 Å². The molecule has 2 N–H and O–H groups in total. The quantitative estimate of drug-likeness (QED) is 0.892. The summed E-state index contributed by atoms with van der Waals surface area (Å²) in [6.45, 7) is 4.53.